The van der Waals surface area contributed by atoms with Crippen LogP contribution in [0.4, 0.5) is 4.39 Å². The van der Waals surface area contributed by atoms with E-state index in [4.69, 9.17) is 16.4 Å². The van der Waals surface area contributed by atoms with Gasteiger partial charge in [-0.05, 0) is 32.0 Å². The van der Waals surface area contributed by atoms with Crippen molar-refractivity contribution in [2.45, 2.75) is 26.0 Å². The lowest BCUT2D eigenvalue weighted by Crippen LogP contribution is -2.38. The molecule has 0 spiro atoms. The molecule has 126 valence electrons. The van der Waals surface area contributed by atoms with E-state index < -0.39 is 0 Å². The Morgan fingerprint density at radius 3 is 2.83 bits per heavy atom. The molecule has 1 unspecified atom stereocenters. The third kappa shape index (κ3) is 4.51. The van der Waals surface area contributed by atoms with Crippen molar-refractivity contribution in [2.75, 3.05) is 13.2 Å². The Bertz CT molecular complexity index is 645. The third-order valence-corrected chi connectivity index (χ3v) is 3.58. The number of hydrogen-bond donors (Lipinski definition) is 2. The van der Waals surface area contributed by atoms with Gasteiger partial charge in [-0.25, -0.2) is 10.3 Å². The van der Waals surface area contributed by atoms with Crippen LogP contribution >= 0.6 is 0 Å². The summed E-state index contributed by atoms with van der Waals surface area (Å²) in [5.74, 6) is 5.16. The van der Waals surface area contributed by atoms with Crippen LogP contribution in [0.15, 0.2) is 30.6 Å². The van der Waals surface area contributed by atoms with Gasteiger partial charge in [0.2, 0.25) is 6.20 Å². The molecule has 0 radical (unpaired) electrons. The van der Waals surface area contributed by atoms with Crippen molar-refractivity contribution in [3.05, 3.63) is 36.4 Å². The van der Waals surface area contributed by atoms with Crippen LogP contribution in [-0.2, 0) is 18.4 Å². The number of hydrogen-bond acceptors (Lipinski definition) is 4. The van der Waals surface area contributed by atoms with Crippen LogP contribution in [0.3, 0.4) is 0 Å². The largest absolute Gasteiger partial charge is 0.491 e. The van der Waals surface area contributed by atoms with Crippen molar-refractivity contribution in [1.29, 1.82) is 0 Å². The van der Waals surface area contributed by atoms with Gasteiger partial charge in [-0.3, -0.25) is 4.84 Å². The first-order valence-electron chi connectivity index (χ1n) is 7.59. The van der Waals surface area contributed by atoms with Crippen LogP contribution in [0.1, 0.15) is 13.3 Å². The Kier molecular flexibility index (Phi) is 6.09. The first kappa shape index (κ1) is 17.4. The van der Waals surface area contributed by atoms with E-state index in [0.717, 1.165) is 18.5 Å². The Morgan fingerprint density at radius 2 is 2.17 bits per heavy atom. The van der Waals surface area contributed by atoms with E-state index in [9.17, 15) is 4.39 Å². The molecule has 0 amide bonds. The second-order valence-electron chi connectivity index (χ2n) is 5.49. The lowest BCUT2D eigenvalue weighted by molar-refractivity contribution is -0.753. The molecule has 0 aliphatic carbocycles. The van der Waals surface area contributed by atoms with Gasteiger partial charge in [0.25, 0.3) is 0 Å². The number of aryl methyl sites for hydroxylation is 2. The monoisotopic (exact) mass is 323 g/mol. The molecule has 2 aromatic rings. The fourth-order valence-corrected chi connectivity index (χ4v) is 2.25. The van der Waals surface area contributed by atoms with Crippen molar-refractivity contribution < 1.29 is 18.6 Å². The fraction of sp³-hybridized carbons (Fsp3) is 0.438. The number of nitrogens with zero attached hydrogens (tertiary/aromatic N) is 2. The van der Waals surface area contributed by atoms with E-state index in [1.54, 1.807) is 19.1 Å². The Hall–Kier alpha value is -1.96. The molecule has 0 fully saturated rings. The molecule has 2 rings (SSSR count). The molecule has 1 aromatic carbocycles. The molecule has 7 heteroatoms. The highest BCUT2D eigenvalue weighted by molar-refractivity contribution is 5.62. The Labute approximate surface area is 135 Å². The van der Waals surface area contributed by atoms with Crippen LogP contribution in [0.5, 0.6) is 5.75 Å². The van der Waals surface area contributed by atoms with Gasteiger partial charge in [-0.1, -0.05) is 0 Å². The molecule has 1 heterocycles. The zero-order valence-electron chi connectivity index (χ0n) is 13.5. The lowest BCUT2D eigenvalue weighted by atomic mass is 10.1. The topological polar surface area (TPSA) is 79.3 Å². The van der Waals surface area contributed by atoms with Gasteiger partial charge in [-0.2, -0.15) is 4.68 Å². The van der Waals surface area contributed by atoms with Gasteiger partial charge < -0.3 is 10.5 Å². The smallest absolute Gasteiger partial charge is 0.203 e. The maximum Gasteiger partial charge on any atom is 0.203 e. The molecule has 0 saturated carbocycles. The van der Waals surface area contributed by atoms with Gasteiger partial charge >= 0.3 is 0 Å². The number of rotatable bonds is 8. The fourth-order valence-electron chi connectivity index (χ4n) is 2.25. The number of halogens is 1. The highest BCUT2D eigenvalue weighted by atomic mass is 19.1. The van der Waals surface area contributed by atoms with E-state index in [-0.39, 0.29) is 18.5 Å². The minimum atomic E-state index is -0.333. The van der Waals surface area contributed by atoms with E-state index in [0.29, 0.717) is 17.9 Å². The summed E-state index contributed by atoms with van der Waals surface area (Å²) in [4.78, 5) is 4.61. The van der Waals surface area contributed by atoms with Crippen LogP contribution < -0.4 is 21.0 Å². The van der Waals surface area contributed by atoms with Gasteiger partial charge in [0.1, 0.15) is 24.3 Å². The standard InChI is InChI=1S/C16H24FN4O2/c1-12(23-19)11-22-14-4-5-15(16(17)8-14)13-9-20(2)21(10-13)7-3-6-18/h4-5,8-10,12H,3,6-7,11,18-19H2,1-2H3/q+1. The summed E-state index contributed by atoms with van der Waals surface area (Å²) in [7, 11) is 1.92. The molecule has 1 atom stereocenters. The number of ether oxygens (including phenoxy) is 1. The van der Waals surface area contributed by atoms with Crippen molar-refractivity contribution in [2.24, 2.45) is 18.7 Å². The summed E-state index contributed by atoms with van der Waals surface area (Å²) in [6.07, 6.45) is 4.42. The van der Waals surface area contributed by atoms with Gasteiger partial charge in [-0.15, -0.1) is 4.68 Å². The minimum Gasteiger partial charge on any atom is -0.491 e. The van der Waals surface area contributed by atoms with E-state index in [1.807, 2.05) is 28.8 Å². The van der Waals surface area contributed by atoms with Crippen LogP contribution in [0.25, 0.3) is 11.1 Å². The van der Waals surface area contributed by atoms with E-state index in [2.05, 4.69) is 4.84 Å². The minimum absolute atomic E-state index is 0.256. The van der Waals surface area contributed by atoms with Crippen LogP contribution in [0.2, 0.25) is 0 Å². The van der Waals surface area contributed by atoms with Gasteiger partial charge in [0.05, 0.1) is 18.3 Å². The summed E-state index contributed by atoms with van der Waals surface area (Å²) >= 11 is 0. The first-order valence-corrected chi connectivity index (χ1v) is 7.59. The zero-order chi connectivity index (χ0) is 16.8. The average Bonchev–Trinajstić information content (AvgIpc) is 2.91. The van der Waals surface area contributed by atoms with Gasteiger partial charge in [0, 0.05) is 11.6 Å². The lowest BCUT2D eigenvalue weighted by Gasteiger charge is -2.11. The molecule has 0 aliphatic heterocycles. The van der Waals surface area contributed by atoms with Crippen molar-refractivity contribution in [3.8, 4) is 16.9 Å². The summed E-state index contributed by atoms with van der Waals surface area (Å²) in [6.45, 7) is 3.46. The van der Waals surface area contributed by atoms with E-state index >= 15 is 0 Å². The van der Waals surface area contributed by atoms with Crippen molar-refractivity contribution in [1.82, 2.24) is 4.68 Å². The summed E-state index contributed by atoms with van der Waals surface area (Å²) in [5, 5.41) is 0. The summed E-state index contributed by atoms with van der Waals surface area (Å²) in [5.41, 5.74) is 6.87. The van der Waals surface area contributed by atoms with Crippen LogP contribution in [-0.4, -0.2) is 23.9 Å². The number of aromatic nitrogens is 2. The molecule has 1 aromatic heterocycles. The zero-order valence-corrected chi connectivity index (χ0v) is 13.5. The highest BCUT2D eigenvalue weighted by Gasteiger charge is 2.15. The van der Waals surface area contributed by atoms with Crippen LogP contribution in [0, 0.1) is 5.82 Å². The predicted octanol–water partition coefficient (Wildman–Crippen LogP) is 1.13. The maximum absolute atomic E-state index is 14.4. The molecule has 0 bridgehead atoms. The molecule has 23 heavy (non-hydrogen) atoms. The normalized spacial score (nSPS) is 12.4. The Balaban J connectivity index is 2.14. The third-order valence-electron chi connectivity index (χ3n) is 3.58. The Morgan fingerprint density at radius 1 is 1.39 bits per heavy atom. The summed E-state index contributed by atoms with van der Waals surface area (Å²) < 4.78 is 23.7. The van der Waals surface area contributed by atoms with Crippen molar-refractivity contribution >= 4 is 0 Å². The number of benzene rings is 1. The first-order chi connectivity index (χ1) is 11.0. The second-order valence-corrected chi connectivity index (χ2v) is 5.49. The molecule has 6 nitrogen and oxygen atoms in total. The summed E-state index contributed by atoms with van der Waals surface area (Å²) in [6, 6.07) is 4.82. The average molecular weight is 323 g/mol. The highest BCUT2D eigenvalue weighted by Crippen LogP contribution is 2.25. The second kappa shape index (κ2) is 8.05. The molecular weight excluding hydrogens is 299 g/mol. The molecular formula is C16H24FN4O2+. The predicted molar refractivity (Wildman–Crippen MR) is 84.9 cm³/mol. The molecule has 4 N–H and O–H groups in total. The van der Waals surface area contributed by atoms with Gasteiger partial charge in [0.15, 0.2) is 7.05 Å². The molecule has 0 aliphatic rings. The maximum atomic E-state index is 14.4. The molecule has 0 saturated heterocycles. The quantitative estimate of drug-likeness (QED) is 0.564. The van der Waals surface area contributed by atoms with E-state index in [1.165, 1.54) is 6.07 Å². The van der Waals surface area contributed by atoms with Crippen molar-refractivity contribution in [3.63, 3.8) is 0 Å². The number of nitrogens with two attached hydrogens (primary N) is 2. The SMILES string of the molecule is CC(COc1ccc(-c2cn(CCCN)[n+](C)c2)c(F)c1)ON.